The number of nitrogens with one attached hydrogen (secondary N) is 1. The van der Waals surface area contributed by atoms with Gasteiger partial charge in [0.05, 0.1) is 6.04 Å². The highest BCUT2D eigenvalue weighted by molar-refractivity contribution is 5.81. The molecule has 132 valence electrons. The lowest BCUT2D eigenvalue weighted by Crippen LogP contribution is -2.48. The van der Waals surface area contributed by atoms with Crippen LogP contribution in [0.4, 0.5) is 4.79 Å². The van der Waals surface area contributed by atoms with E-state index >= 15 is 0 Å². The van der Waals surface area contributed by atoms with E-state index < -0.39 is 6.04 Å². The van der Waals surface area contributed by atoms with Crippen molar-refractivity contribution in [2.45, 2.75) is 57.3 Å². The summed E-state index contributed by atoms with van der Waals surface area (Å²) < 4.78 is 5.37. The summed E-state index contributed by atoms with van der Waals surface area (Å²) >= 11 is 0. The molecule has 0 radical (unpaired) electrons. The highest BCUT2D eigenvalue weighted by Crippen LogP contribution is 2.23. The number of carbonyl (C=O) groups excluding carboxylic acids is 2. The van der Waals surface area contributed by atoms with Crippen LogP contribution in [0.5, 0.6) is 0 Å². The van der Waals surface area contributed by atoms with Crippen molar-refractivity contribution in [3.8, 4) is 0 Å². The summed E-state index contributed by atoms with van der Waals surface area (Å²) in [7, 11) is 1.78. The Kier molecular flexibility index (Phi) is 6.61. The molecule has 2 amide bonds. The SMILES string of the molecule is CC(N)C(=O)NC1CCC(N(C)C(=O)OCc2ccccc2)CC1. The molecule has 1 aromatic rings. The van der Waals surface area contributed by atoms with Gasteiger partial charge in [0.15, 0.2) is 0 Å². The number of nitrogens with two attached hydrogens (primary N) is 1. The number of hydrogen-bond donors (Lipinski definition) is 2. The molecule has 0 aromatic heterocycles. The second kappa shape index (κ2) is 8.68. The Balaban J connectivity index is 1.74. The third kappa shape index (κ3) is 5.23. The number of ether oxygens (including phenoxy) is 1. The lowest BCUT2D eigenvalue weighted by Gasteiger charge is -2.34. The second-order valence-corrected chi connectivity index (χ2v) is 6.45. The smallest absolute Gasteiger partial charge is 0.410 e. The normalized spacial score (nSPS) is 21.6. The zero-order valence-corrected chi connectivity index (χ0v) is 14.4. The maximum absolute atomic E-state index is 12.2. The van der Waals surface area contributed by atoms with Crippen LogP contribution >= 0.6 is 0 Å². The highest BCUT2D eigenvalue weighted by Gasteiger charge is 2.28. The molecule has 6 nitrogen and oxygen atoms in total. The van der Waals surface area contributed by atoms with Gasteiger partial charge in [-0.15, -0.1) is 0 Å². The third-order valence-electron chi connectivity index (χ3n) is 4.50. The molecule has 1 atom stereocenters. The monoisotopic (exact) mass is 333 g/mol. The van der Waals surface area contributed by atoms with Crippen molar-refractivity contribution in [3.63, 3.8) is 0 Å². The summed E-state index contributed by atoms with van der Waals surface area (Å²) in [6, 6.07) is 9.44. The number of carbonyl (C=O) groups is 2. The van der Waals surface area contributed by atoms with Crippen molar-refractivity contribution in [1.29, 1.82) is 0 Å². The van der Waals surface area contributed by atoms with Crippen LogP contribution in [0.3, 0.4) is 0 Å². The first-order chi connectivity index (χ1) is 11.5. The summed E-state index contributed by atoms with van der Waals surface area (Å²) in [5, 5.41) is 2.96. The summed E-state index contributed by atoms with van der Waals surface area (Å²) in [6.07, 6.45) is 3.09. The Bertz CT molecular complexity index is 540. The topological polar surface area (TPSA) is 84.7 Å². The van der Waals surface area contributed by atoms with Crippen LogP contribution in [-0.2, 0) is 16.1 Å². The molecule has 0 bridgehead atoms. The van der Waals surface area contributed by atoms with Crippen molar-refractivity contribution in [3.05, 3.63) is 35.9 Å². The first kappa shape index (κ1) is 18.3. The molecule has 1 aliphatic carbocycles. The molecule has 1 aliphatic rings. The molecule has 1 fully saturated rings. The number of rotatable bonds is 5. The molecule has 1 unspecified atom stereocenters. The predicted molar refractivity (Wildman–Crippen MR) is 92.2 cm³/mol. The zero-order chi connectivity index (χ0) is 17.5. The molecule has 0 aliphatic heterocycles. The Labute approximate surface area is 143 Å². The van der Waals surface area contributed by atoms with Crippen molar-refractivity contribution in [2.75, 3.05) is 7.05 Å². The van der Waals surface area contributed by atoms with Crippen molar-refractivity contribution in [2.24, 2.45) is 5.73 Å². The standard InChI is InChI=1S/C18H27N3O3/c1-13(19)17(22)20-15-8-10-16(11-9-15)21(2)18(23)24-12-14-6-4-3-5-7-14/h3-7,13,15-16H,8-12,19H2,1-2H3,(H,20,22). The first-order valence-electron chi connectivity index (χ1n) is 8.47. The van der Waals surface area contributed by atoms with Crippen LogP contribution in [-0.4, -0.2) is 42.1 Å². The van der Waals surface area contributed by atoms with E-state index in [0.717, 1.165) is 31.2 Å². The highest BCUT2D eigenvalue weighted by atomic mass is 16.6. The van der Waals surface area contributed by atoms with Crippen molar-refractivity contribution < 1.29 is 14.3 Å². The summed E-state index contributed by atoms with van der Waals surface area (Å²) in [5.74, 6) is -0.117. The minimum Gasteiger partial charge on any atom is -0.445 e. The number of nitrogens with zero attached hydrogens (tertiary/aromatic N) is 1. The number of amides is 2. The number of benzene rings is 1. The minimum atomic E-state index is -0.488. The maximum Gasteiger partial charge on any atom is 0.410 e. The average Bonchev–Trinajstić information content (AvgIpc) is 2.60. The Hall–Kier alpha value is -2.08. The van der Waals surface area contributed by atoms with Crippen LogP contribution in [0.25, 0.3) is 0 Å². The Morgan fingerprint density at radius 1 is 1.25 bits per heavy atom. The van der Waals surface area contributed by atoms with Crippen LogP contribution in [0.1, 0.15) is 38.2 Å². The molecule has 2 rings (SSSR count). The quantitative estimate of drug-likeness (QED) is 0.863. The summed E-state index contributed by atoms with van der Waals surface area (Å²) in [6.45, 7) is 1.96. The van der Waals surface area contributed by atoms with E-state index in [1.807, 2.05) is 30.3 Å². The van der Waals surface area contributed by atoms with Crippen molar-refractivity contribution >= 4 is 12.0 Å². The maximum atomic E-state index is 12.2. The van der Waals surface area contributed by atoms with E-state index in [1.54, 1.807) is 18.9 Å². The fraction of sp³-hybridized carbons (Fsp3) is 0.556. The minimum absolute atomic E-state index is 0.117. The molecule has 1 aromatic carbocycles. The summed E-state index contributed by atoms with van der Waals surface area (Å²) in [5.41, 5.74) is 6.54. The van der Waals surface area contributed by atoms with Gasteiger partial charge < -0.3 is 20.7 Å². The van der Waals surface area contributed by atoms with E-state index in [4.69, 9.17) is 10.5 Å². The zero-order valence-electron chi connectivity index (χ0n) is 14.4. The van der Waals surface area contributed by atoms with E-state index in [-0.39, 0.29) is 30.7 Å². The Morgan fingerprint density at radius 3 is 2.46 bits per heavy atom. The van der Waals surface area contributed by atoms with Gasteiger partial charge in [-0.2, -0.15) is 0 Å². The molecule has 3 N–H and O–H groups in total. The lowest BCUT2D eigenvalue weighted by atomic mass is 9.90. The van der Waals surface area contributed by atoms with Crippen LogP contribution in [0.2, 0.25) is 0 Å². The van der Waals surface area contributed by atoms with E-state index in [0.29, 0.717) is 0 Å². The van der Waals surface area contributed by atoms with Gasteiger partial charge >= 0.3 is 6.09 Å². The molecule has 0 heterocycles. The fourth-order valence-corrected chi connectivity index (χ4v) is 2.91. The van der Waals surface area contributed by atoms with Gasteiger partial charge in [-0.05, 0) is 38.2 Å². The van der Waals surface area contributed by atoms with E-state index in [9.17, 15) is 9.59 Å². The van der Waals surface area contributed by atoms with E-state index in [2.05, 4.69) is 5.32 Å². The van der Waals surface area contributed by atoms with Crippen molar-refractivity contribution in [1.82, 2.24) is 10.2 Å². The predicted octanol–water partition coefficient (Wildman–Crippen LogP) is 2.03. The van der Waals surface area contributed by atoms with E-state index in [1.165, 1.54) is 0 Å². The fourth-order valence-electron chi connectivity index (χ4n) is 2.91. The lowest BCUT2D eigenvalue weighted by molar-refractivity contribution is -0.123. The van der Waals surface area contributed by atoms with Gasteiger partial charge in [0, 0.05) is 19.1 Å². The third-order valence-corrected chi connectivity index (χ3v) is 4.50. The molecular weight excluding hydrogens is 306 g/mol. The Morgan fingerprint density at radius 2 is 1.88 bits per heavy atom. The van der Waals surface area contributed by atoms with Gasteiger partial charge in [0.2, 0.25) is 5.91 Å². The average molecular weight is 333 g/mol. The summed E-state index contributed by atoms with van der Waals surface area (Å²) in [4.78, 5) is 25.5. The number of hydrogen-bond acceptors (Lipinski definition) is 4. The molecule has 0 spiro atoms. The van der Waals surface area contributed by atoms with Gasteiger partial charge in [-0.1, -0.05) is 30.3 Å². The van der Waals surface area contributed by atoms with Gasteiger partial charge in [-0.3, -0.25) is 4.79 Å². The first-order valence-corrected chi connectivity index (χ1v) is 8.47. The largest absolute Gasteiger partial charge is 0.445 e. The van der Waals surface area contributed by atoms with Crippen LogP contribution < -0.4 is 11.1 Å². The van der Waals surface area contributed by atoms with Crippen LogP contribution in [0.15, 0.2) is 30.3 Å². The van der Waals surface area contributed by atoms with Crippen LogP contribution in [0, 0.1) is 0 Å². The van der Waals surface area contributed by atoms with Gasteiger partial charge in [-0.25, -0.2) is 4.79 Å². The molecule has 1 saturated carbocycles. The molecule has 0 saturated heterocycles. The molecule has 6 heteroatoms. The second-order valence-electron chi connectivity index (χ2n) is 6.45. The molecule has 24 heavy (non-hydrogen) atoms. The van der Waals surface area contributed by atoms with Gasteiger partial charge in [0.25, 0.3) is 0 Å². The molecular formula is C18H27N3O3. The van der Waals surface area contributed by atoms with Gasteiger partial charge in [0.1, 0.15) is 6.61 Å².